The van der Waals surface area contributed by atoms with E-state index >= 15 is 0 Å². The van der Waals surface area contributed by atoms with Crippen LogP contribution in [0.15, 0.2) is 36.4 Å². The predicted molar refractivity (Wildman–Crippen MR) is 88.9 cm³/mol. The molecule has 0 radical (unpaired) electrons. The van der Waals surface area contributed by atoms with Gasteiger partial charge in [-0.1, -0.05) is 12.1 Å². The Morgan fingerprint density at radius 1 is 1.36 bits per heavy atom. The van der Waals surface area contributed by atoms with Gasteiger partial charge in [-0.15, -0.1) is 0 Å². The van der Waals surface area contributed by atoms with Gasteiger partial charge in [0.25, 0.3) is 5.91 Å². The summed E-state index contributed by atoms with van der Waals surface area (Å²) < 4.78 is 6.20. The maximum atomic E-state index is 11.8. The van der Waals surface area contributed by atoms with E-state index in [2.05, 4.69) is 32.9 Å². The van der Waals surface area contributed by atoms with E-state index in [1.54, 1.807) is 12.1 Å². The second-order valence-corrected chi connectivity index (χ2v) is 5.49. The van der Waals surface area contributed by atoms with Crippen LogP contribution in [-0.2, 0) is 4.79 Å². The van der Waals surface area contributed by atoms with E-state index in [9.17, 15) is 14.9 Å². The van der Waals surface area contributed by atoms with Crippen molar-refractivity contribution in [1.29, 1.82) is 0 Å². The number of anilines is 1. The molecule has 1 aromatic heterocycles. The minimum absolute atomic E-state index is 0.0504. The van der Waals surface area contributed by atoms with Crippen molar-refractivity contribution in [2.75, 3.05) is 11.9 Å². The fourth-order valence-electron chi connectivity index (χ4n) is 1.67. The van der Waals surface area contributed by atoms with Crippen molar-refractivity contribution in [3.8, 4) is 5.75 Å². The first-order valence-corrected chi connectivity index (χ1v) is 7.34. The van der Waals surface area contributed by atoms with Crippen LogP contribution in [-0.4, -0.2) is 22.4 Å². The number of para-hydroxylation sites is 2. The van der Waals surface area contributed by atoms with E-state index in [0.29, 0.717) is 5.82 Å². The molecular formula is C14H12IN3O4. The smallest absolute Gasteiger partial charge is 0.310 e. The first-order valence-electron chi connectivity index (χ1n) is 6.26. The van der Waals surface area contributed by atoms with Gasteiger partial charge in [0.1, 0.15) is 5.82 Å². The van der Waals surface area contributed by atoms with Crippen LogP contribution in [0.3, 0.4) is 0 Å². The largest absolute Gasteiger partial charge is 0.477 e. The van der Waals surface area contributed by atoms with Gasteiger partial charge in [-0.05, 0) is 47.7 Å². The van der Waals surface area contributed by atoms with Gasteiger partial charge in [0.05, 0.1) is 10.6 Å². The van der Waals surface area contributed by atoms with E-state index in [0.717, 1.165) is 9.26 Å². The molecule has 2 aromatic rings. The number of pyridine rings is 1. The van der Waals surface area contributed by atoms with Crippen LogP contribution >= 0.6 is 22.6 Å². The fraction of sp³-hybridized carbons (Fsp3) is 0.143. The van der Waals surface area contributed by atoms with Gasteiger partial charge < -0.3 is 10.1 Å². The second kappa shape index (κ2) is 7.16. The van der Waals surface area contributed by atoms with Crippen molar-refractivity contribution in [1.82, 2.24) is 4.98 Å². The maximum Gasteiger partial charge on any atom is 0.310 e. The number of carbonyl (C=O) groups is 1. The lowest BCUT2D eigenvalue weighted by Gasteiger charge is -2.08. The number of amides is 1. The molecule has 0 unspecified atom stereocenters. The fourth-order valence-corrected chi connectivity index (χ4v) is 1.97. The molecule has 0 aliphatic heterocycles. The van der Waals surface area contributed by atoms with Crippen LogP contribution in [0.25, 0.3) is 0 Å². The zero-order valence-electron chi connectivity index (χ0n) is 11.6. The van der Waals surface area contributed by atoms with Gasteiger partial charge in [-0.3, -0.25) is 14.9 Å². The molecule has 2 rings (SSSR count). The Balaban J connectivity index is 1.98. The highest BCUT2D eigenvalue weighted by molar-refractivity contribution is 14.1. The third-order valence-electron chi connectivity index (χ3n) is 2.71. The SMILES string of the molecule is Cc1nc(NC(=O)COc2ccccc2[N+](=O)[O-])ccc1I. The Morgan fingerprint density at radius 3 is 2.77 bits per heavy atom. The molecule has 0 fully saturated rings. The highest BCUT2D eigenvalue weighted by atomic mass is 127. The molecule has 1 heterocycles. The lowest BCUT2D eigenvalue weighted by molar-refractivity contribution is -0.385. The third kappa shape index (κ3) is 4.13. The summed E-state index contributed by atoms with van der Waals surface area (Å²) >= 11 is 2.14. The monoisotopic (exact) mass is 413 g/mol. The molecule has 0 aliphatic rings. The predicted octanol–water partition coefficient (Wildman–Crippen LogP) is 2.92. The van der Waals surface area contributed by atoms with E-state index in [1.165, 1.54) is 18.2 Å². The number of benzene rings is 1. The standard InChI is InChI=1S/C14H12IN3O4/c1-9-10(15)6-7-13(16-9)17-14(19)8-22-12-5-3-2-4-11(12)18(20)21/h2-7H,8H2,1H3,(H,16,17,19). The molecule has 1 aromatic carbocycles. The van der Waals surface area contributed by atoms with Crippen LogP contribution in [0, 0.1) is 20.6 Å². The third-order valence-corrected chi connectivity index (χ3v) is 3.85. The number of aromatic nitrogens is 1. The molecule has 0 spiro atoms. The van der Waals surface area contributed by atoms with E-state index in [-0.39, 0.29) is 18.0 Å². The Kier molecular flexibility index (Phi) is 5.26. The molecule has 22 heavy (non-hydrogen) atoms. The summed E-state index contributed by atoms with van der Waals surface area (Å²) in [6.45, 7) is 1.50. The molecule has 8 heteroatoms. The molecule has 1 amide bonds. The summed E-state index contributed by atoms with van der Waals surface area (Å²) in [5.41, 5.74) is 0.622. The number of nitrogens with zero attached hydrogens (tertiary/aromatic N) is 2. The number of aryl methyl sites for hydroxylation is 1. The van der Waals surface area contributed by atoms with Gasteiger partial charge >= 0.3 is 5.69 Å². The first-order chi connectivity index (χ1) is 10.5. The molecule has 0 aliphatic carbocycles. The quantitative estimate of drug-likeness (QED) is 0.462. The summed E-state index contributed by atoms with van der Waals surface area (Å²) in [5.74, 6) is 0.0229. The minimum Gasteiger partial charge on any atom is -0.477 e. The van der Waals surface area contributed by atoms with Gasteiger partial charge in [0, 0.05) is 9.64 Å². The summed E-state index contributed by atoms with van der Waals surface area (Å²) in [7, 11) is 0. The van der Waals surface area contributed by atoms with E-state index < -0.39 is 10.8 Å². The highest BCUT2D eigenvalue weighted by Gasteiger charge is 2.15. The number of halogens is 1. The molecule has 1 N–H and O–H groups in total. The summed E-state index contributed by atoms with van der Waals surface area (Å²) in [6.07, 6.45) is 0. The van der Waals surface area contributed by atoms with Gasteiger partial charge in [-0.2, -0.15) is 0 Å². The van der Waals surface area contributed by atoms with Crippen molar-refractivity contribution in [2.45, 2.75) is 6.92 Å². The number of nitrogens with one attached hydrogen (secondary N) is 1. The zero-order valence-corrected chi connectivity index (χ0v) is 13.7. The Hall–Kier alpha value is -2.23. The van der Waals surface area contributed by atoms with Crippen LogP contribution in [0.2, 0.25) is 0 Å². The zero-order chi connectivity index (χ0) is 16.1. The Bertz CT molecular complexity index is 721. The number of hydrogen-bond acceptors (Lipinski definition) is 5. The minimum atomic E-state index is -0.558. The summed E-state index contributed by atoms with van der Waals surface area (Å²) in [4.78, 5) is 26.3. The summed E-state index contributed by atoms with van der Waals surface area (Å²) in [5, 5.41) is 13.4. The van der Waals surface area contributed by atoms with Crippen LogP contribution in [0.5, 0.6) is 5.75 Å². The molecule has 0 bridgehead atoms. The Labute approximate surface area is 140 Å². The number of ether oxygens (including phenoxy) is 1. The maximum absolute atomic E-state index is 11.8. The molecule has 114 valence electrons. The second-order valence-electron chi connectivity index (χ2n) is 4.33. The van der Waals surface area contributed by atoms with Gasteiger partial charge in [0.2, 0.25) is 0 Å². The van der Waals surface area contributed by atoms with Gasteiger partial charge in [0.15, 0.2) is 12.4 Å². The topological polar surface area (TPSA) is 94.4 Å². The number of carbonyl (C=O) groups excluding carboxylic acids is 1. The van der Waals surface area contributed by atoms with Crippen LogP contribution in [0.1, 0.15) is 5.69 Å². The number of nitro benzene ring substituents is 1. The summed E-state index contributed by atoms with van der Waals surface area (Å²) in [6, 6.07) is 9.41. The van der Waals surface area contributed by atoms with Crippen molar-refractivity contribution in [2.24, 2.45) is 0 Å². The van der Waals surface area contributed by atoms with Crippen molar-refractivity contribution < 1.29 is 14.5 Å². The Morgan fingerprint density at radius 2 is 2.09 bits per heavy atom. The van der Waals surface area contributed by atoms with Crippen LogP contribution in [0.4, 0.5) is 11.5 Å². The van der Waals surface area contributed by atoms with Crippen molar-refractivity contribution in [3.63, 3.8) is 0 Å². The average Bonchev–Trinajstić information content (AvgIpc) is 2.49. The first kappa shape index (κ1) is 16.1. The molecule has 0 saturated heterocycles. The van der Waals surface area contributed by atoms with E-state index in [4.69, 9.17) is 4.74 Å². The average molecular weight is 413 g/mol. The molecule has 0 saturated carbocycles. The van der Waals surface area contributed by atoms with Gasteiger partial charge in [-0.25, -0.2) is 4.98 Å². The molecule has 0 atom stereocenters. The number of rotatable bonds is 5. The molecule has 7 nitrogen and oxygen atoms in total. The van der Waals surface area contributed by atoms with Crippen molar-refractivity contribution in [3.05, 3.63) is 55.8 Å². The normalized spacial score (nSPS) is 10.1. The lowest BCUT2D eigenvalue weighted by Crippen LogP contribution is -2.21. The number of hydrogen-bond donors (Lipinski definition) is 1. The van der Waals surface area contributed by atoms with Crippen LogP contribution < -0.4 is 10.1 Å². The van der Waals surface area contributed by atoms with E-state index in [1.807, 2.05) is 13.0 Å². The number of nitro groups is 1. The highest BCUT2D eigenvalue weighted by Crippen LogP contribution is 2.25. The lowest BCUT2D eigenvalue weighted by atomic mass is 10.3. The van der Waals surface area contributed by atoms with Crippen molar-refractivity contribution >= 4 is 40.0 Å². The molecular weight excluding hydrogens is 401 g/mol.